The summed E-state index contributed by atoms with van der Waals surface area (Å²) in [7, 11) is 0. The summed E-state index contributed by atoms with van der Waals surface area (Å²) in [6, 6.07) is 6.10. The van der Waals surface area contributed by atoms with E-state index in [9.17, 15) is 14.9 Å². The maximum Gasteiger partial charge on any atom is 0.336 e. The lowest BCUT2D eigenvalue weighted by Crippen LogP contribution is -2.03. The number of anilines is 2. The molecule has 0 saturated carbocycles. The third-order valence-corrected chi connectivity index (χ3v) is 2.93. The van der Waals surface area contributed by atoms with Crippen LogP contribution in [0.5, 0.6) is 0 Å². The second-order valence-corrected chi connectivity index (χ2v) is 4.60. The van der Waals surface area contributed by atoms with Crippen molar-refractivity contribution in [1.82, 2.24) is 4.98 Å². The second-order valence-electron chi connectivity index (χ2n) is 4.60. The molecule has 1 aromatic carbocycles. The summed E-state index contributed by atoms with van der Waals surface area (Å²) in [5.74, 6) is -0.978. The highest BCUT2D eigenvalue weighted by atomic mass is 16.6. The number of pyridine rings is 1. The number of nitrogens with one attached hydrogen (secondary N) is 1. The van der Waals surface area contributed by atoms with Gasteiger partial charge in [-0.2, -0.15) is 0 Å². The molecule has 2 aromatic rings. The van der Waals surface area contributed by atoms with Crippen molar-refractivity contribution >= 4 is 23.2 Å². The van der Waals surface area contributed by atoms with Crippen LogP contribution in [0.4, 0.5) is 17.2 Å². The zero-order chi connectivity index (χ0) is 15.6. The van der Waals surface area contributed by atoms with Crippen LogP contribution in [0.25, 0.3) is 0 Å². The maximum absolute atomic E-state index is 11.1. The van der Waals surface area contributed by atoms with Crippen LogP contribution in [0.15, 0.2) is 30.5 Å². The molecule has 0 bridgehead atoms. The summed E-state index contributed by atoms with van der Waals surface area (Å²) in [6.07, 6.45) is 1.50. The van der Waals surface area contributed by atoms with Crippen molar-refractivity contribution < 1.29 is 14.8 Å². The molecule has 1 aromatic heterocycles. The number of nitrogens with zero attached hydrogens (tertiary/aromatic N) is 2. The van der Waals surface area contributed by atoms with Crippen LogP contribution in [-0.4, -0.2) is 21.0 Å². The van der Waals surface area contributed by atoms with Gasteiger partial charge < -0.3 is 10.4 Å². The Labute approximate surface area is 120 Å². The molecule has 0 unspecified atom stereocenters. The lowest BCUT2D eigenvalue weighted by atomic mass is 10.1. The number of carbonyl (C=O) groups is 1. The number of carboxylic acids is 1. The van der Waals surface area contributed by atoms with E-state index in [1.807, 2.05) is 0 Å². The van der Waals surface area contributed by atoms with E-state index in [2.05, 4.69) is 10.3 Å². The molecule has 0 aliphatic rings. The van der Waals surface area contributed by atoms with Crippen LogP contribution in [0.2, 0.25) is 0 Å². The van der Waals surface area contributed by atoms with E-state index in [1.54, 1.807) is 26.0 Å². The van der Waals surface area contributed by atoms with Crippen molar-refractivity contribution in [2.75, 3.05) is 5.32 Å². The zero-order valence-corrected chi connectivity index (χ0v) is 11.5. The molecule has 0 atom stereocenters. The van der Waals surface area contributed by atoms with Gasteiger partial charge in [0.2, 0.25) is 5.82 Å². The Morgan fingerprint density at radius 3 is 2.67 bits per heavy atom. The van der Waals surface area contributed by atoms with Gasteiger partial charge in [-0.25, -0.2) is 9.78 Å². The monoisotopic (exact) mass is 287 g/mol. The first-order valence-electron chi connectivity index (χ1n) is 6.10. The van der Waals surface area contributed by atoms with E-state index >= 15 is 0 Å². The van der Waals surface area contributed by atoms with Crippen LogP contribution >= 0.6 is 0 Å². The summed E-state index contributed by atoms with van der Waals surface area (Å²) in [4.78, 5) is 25.6. The van der Waals surface area contributed by atoms with E-state index in [-0.39, 0.29) is 17.1 Å². The number of hydrogen-bond acceptors (Lipinski definition) is 5. The molecule has 2 rings (SSSR count). The fraction of sp³-hybridized carbons (Fsp3) is 0.143. The third-order valence-electron chi connectivity index (χ3n) is 2.93. The summed E-state index contributed by atoms with van der Waals surface area (Å²) in [5.41, 5.74) is 1.68. The number of hydrogen-bond donors (Lipinski definition) is 2. The Balaban J connectivity index is 2.41. The van der Waals surface area contributed by atoms with Crippen molar-refractivity contribution in [3.63, 3.8) is 0 Å². The van der Waals surface area contributed by atoms with Crippen LogP contribution in [-0.2, 0) is 0 Å². The Bertz CT molecular complexity index is 728. The molecule has 0 fully saturated rings. The normalized spacial score (nSPS) is 10.2. The Hall–Kier alpha value is -2.96. The second kappa shape index (κ2) is 5.58. The van der Waals surface area contributed by atoms with Gasteiger partial charge in [-0.05, 0) is 37.1 Å². The van der Waals surface area contributed by atoms with Crippen molar-refractivity contribution in [3.8, 4) is 0 Å². The molecular formula is C14H13N3O4. The lowest BCUT2D eigenvalue weighted by molar-refractivity contribution is -0.384. The molecule has 0 aliphatic carbocycles. The summed E-state index contributed by atoms with van der Waals surface area (Å²) >= 11 is 0. The van der Waals surface area contributed by atoms with E-state index in [0.29, 0.717) is 16.8 Å². The first-order chi connectivity index (χ1) is 9.88. The van der Waals surface area contributed by atoms with Crippen LogP contribution in [0.3, 0.4) is 0 Å². The van der Waals surface area contributed by atoms with Gasteiger partial charge in [0.15, 0.2) is 0 Å². The van der Waals surface area contributed by atoms with Crippen molar-refractivity contribution in [2.45, 2.75) is 13.8 Å². The van der Waals surface area contributed by atoms with E-state index in [0.717, 1.165) is 0 Å². The molecule has 0 spiro atoms. The van der Waals surface area contributed by atoms with Crippen molar-refractivity contribution in [2.24, 2.45) is 0 Å². The number of carboxylic acid groups (broad SMARTS) is 1. The molecule has 0 amide bonds. The fourth-order valence-corrected chi connectivity index (χ4v) is 1.86. The Morgan fingerprint density at radius 1 is 1.33 bits per heavy atom. The lowest BCUT2D eigenvalue weighted by Gasteiger charge is -2.09. The van der Waals surface area contributed by atoms with Gasteiger partial charge in [-0.1, -0.05) is 6.07 Å². The van der Waals surface area contributed by atoms with Crippen LogP contribution in [0, 0.1) is 24.0 Å². The highest BCUT2D eigenvalue weighted by Crippen LogP contribution is 2.27. The largest absolute Gasteiger partial charge is 0.478 e. The predicted molar refractivity (Wildman–Crippen MR) is 77.0 cm³/mol. The van der Waals surface area contributed by atoms with Crippen LogP contribution < -0.4 is 5.32 Å². The third kappa shape index (κ3) is 3.14. The molecule has 108 valence electrons. The van der Waals surface area contributed by atoms with Crippen molar-refractivity contribution in [3.05, 3.63) is 57.3 Å². The molecule has 0 saturated heterocycles. The number of aromatic carboxylic acids is 1. The molecule has 1 heterocycles. The van der Waals surface area contributed by atoms with Gasteiger partial charge in [-0.15, -0.1) is 0 Å². The summed E-state index contributed by atoms with van der Waals surface area (Å²) in [6.45, 7) is 3.39. The smallest absolute Gasteiger partial charge is 0.336 e. The van der Waals surface area contributed by atoms with Gasteiger partial charge in [-0.3, -0.25) is 10.1 Å². The minimum Gasteiger partial charge on any atom is -0.478 e. The van der Waals surface area contributed by atoms with Gasteiger partial charge in [0, 0.05) is 18.0 Å². The van der Waals surface area contributed by atoms with E-state index in [1.165, 1.54) is 18.3 Å². The highest BCUT2D eigenvalue weighted by Gasteiger charge is 2.16. The number of nitro groups is 1. The average molecular weight is 287 g/mol. The first-order valence-corrected chi connectivity index (χ1v) is 6.10. The van der Waals surface area contributed by atoms with E-state index < -0.39 is 10.9 Å². The molecule has 7 nitrogen and oxygen atoms in total. The SMILES string of the molecule is Cc1cnc(Nc2ccc(C)c(C(=O)O)c2)c([N+](=O)[O-])c1. The van der Waals surface area contributed by atoms with Crippen LogP contribution in [0.1, 0.15) is 21.5 Å². The standard InChI is InChI=1S/C14H13N3O4/c1-8-5-12(17(20)21)13(15-7-8)16-10-4-3-9(2)11(6-10)14(18)19/h3-7H,1-2H3,(H,15,16)(H,18,19). The maximum atomic E-state index is 11.1. The zero-order valence-electron chi connectivity index (χ0n) is 11.5. The molecule has 2 N–H and O–H groups in total. The topological polar surface area (TPSA) is 105 Å². The van der Waals surface area contributed by atoms with Gasteiger partial charge >= 0.3 is 11.7 Å². The highest BCUT2D eigenvalue weighted by molar-refractivity contribution is 5.90. The minimum atomic E-state index is -1.05. The quantitative estimate of drug-likeness (QED) is 0.661. The average Bonchev–Trinajstić information content (AvgIpc) is 2.42. The molecular weight excluding hydrogens is 274 g/mol. The fourth-order valence-electron chi connectivity index (χ4n) is 1.86. The number of aromatic nitrogens is 1. The predicted octanol–water partition coefficient (Wildman–Crippen LogP) is 3.05. The molecule has 0 aliphatic heterocycles. The Morgan fingerprint density at radius 2 is 2.05 bits per heavy atom. The van der Waals surface area contributed by atoms with E-state index in [4.69, 9.17) is 5.11 Å². The summed E-state index contributed by atoms with van der Waals surface area (Å²) in [5, 5.41) is 22.9. The molecule has 21 heavy (non-hydrogen) atoms. The first kappa shape index (κ1) is 14.4. The molecule has 7 heteroatoms. The number of rotatable bonds is 4. The summed E-state index contributed by atoms with van der Waals surface area (Å²) < 4.78 is 0. The minimum absolute atomic E-state index is 0.0748. The number of benzene rings is 1. The van der Waals surface area contributed by atoms with Crippen molar-refractivity contribution in [1.29, 1.82) is 0 Å². The van der Waals surface area contributed by atoms with Gasteiger partial charge in [0.25, 0.3) is 0 Å². The molecule has 0 radical (unpaired) electrons. The van der Waals surface area contributed by atoms with Gasteiger partial charge in [0.1, 0.15) is 0 Å². The van der Waals surface area contributed by atoms with Gasteiger partial charge in [0.05, 0.1) is 10.5 Å². The number of aryl methyl sites for hydroxylation is 2. The Kier molecular flexibility index (Phi) is 3.84.